The standard InChI is InChI=1S/C8H12NO3P/c1-9-6-7-2-4-8(5-3-7)13(10,11)12/h2-5,9H,6H2,1H3,(H2,10,11,12). The van der Waals surface area contributed by atoms with E-state index in [2.05, 4.69) is 5.32 Å². The summed E-state index contributed by atoms with van der Waals surface area (Å²) in [4.78, 5) is 17.6. The van der Waals surface area contributed by atoms with Crippen LogP contribution < -0.4 is 10.6 Å². The van der Waals surface area contributed by atoms with Crippen molar-refractivity contribution in [1.82, 2.24) is 5.32 Å². The Hall–Kier alpha value is -0.670. The van der Waals surface area contributed by atoms with Crippen molar-refractivity contribution in [3.63, 3.8) is 0 Å². The van der Waals surface area contributed by atoms with E-state index >= 15 is 0 Å². The smallest absolute Gasteiger partial charge is 0.321 e. The lowest BCUT2D eigenvalue weighted by atomic mass is 10.2. The summed E-state index contributed by atoms with van der Waals surface area (Å²) in [5.41, 5.74) is 1.000. The first-order chi connectivity index (χ1) is 6.04. The topological polar surface area (TPSA) is 69.6 Å². The predicted molar refractivity (Wildman–Crippen MR) is 50.9 cm³/mol. The number of nitrogens with one attached hydrogen (secondary N) is 1. The molecule has 13 heavy (non-hydrogen) atoms. The van der Waals surface area contributed by atoms with E-state index in [4.69, 9.17) is 9.79 Å². The second-order valence-corrected chi connectivity index (χ2v) is 4.35. The monoisotopic (exact) mass is 201 g/mol. The third kappa shape index (κ3) is 2.94. The molecule has 5 heteroatoms. The molecular formula is C8H12NO3P. The van der Waals surface area contributed by atoms with Gasteiger partial charge in [0.05, 0.1) is 5.30 Å². The lowest BCUT2D eigenvalue weighted by Gasteiger charge is -2.04. The zero-order chi connectivity index (χ0) is 9.90. The molecule has 0 saturated carbocycles. The lowest BCUT2D eigenvalue weighted by molar-refractivity contribution is 0.387. The lowest BCUT2D eigenvalue weighted by Crippen LogP contribution is -2.08. The summed E-state index contributed by atoms with van der Waals surface area (Å²) < 4.78 is 10.8. The molecule has 0 fully saturated rings. The van der Waals surface area contributed by atoms with E-state index in [-0.39, 0.29) is 5.30 Å². The molecule has 0 unspecified atom stereocenters. The maximum atomic E-state index is 10.8. The van der Waals surface area contributed by atoms with Crippen molar-refractivity contribution in [3.8, 4) is 0 Å². The third-order valence-corrected chi connectivity index (χ3v) is 2.62. The van der Waals surface area contributed by atoms with Crippen LogP contribution in [0.1, 0.15) is 5.56 Å². The molecule has 3 N–H and O–H groups in total. The van der Waals surface area contributed by atoms with Crippen LogP contribution in [-0.2, 0) is 11.1 Å². The summed E-state index contributed by atoms with van der Waals surface area (Å²) in [6, 6.07) is 6.30. The first kappa shape index (κ1) is 10.4. The minimum atomic E-state index is -4.08. The largest absolute Gasteiger partial charge is 0.356 e. The van der Waals surface area contributed by atoms with Crippen LogP contribution in [0, 0.1) is 0 Å². The van der Waals surface area contributed by atoms with Gasteiger partial charge in [-0.15, -0.1) is 0 Å². The minimum Gasteiger partial charge on any atom is -0.321 e. The summed E-state index contributed by atoms with van der Waals surface area (Å²) >= 11 is 0. The van der Waals surface area contributed by atoms with Gasteiger partial charge in [-0.05, 0) is 24.7 Å². The zero-order valence-electron chi connectivity index (χ0n) is 7.27. The normalized spacial score (nSPS) is 11.6. The Bertz CT molecular complexity index is 317. The van der Waals surface area contributed by atoms with E-state index in [1.54, 1.807) is 12.1 Å². The Morgan fingerprint density at radius 1 is 1.31 bits per heavy atom. The number of benzene rings is 1. The second kappa shape index (κ2) is 4.03. The first-order valence-electron chi connectivity index (χ1n) is 3.83. The Morgan fingerprint density at radius 3 is 2.23 bits per heavy atom. The van der Waals surface area contributed by atoms with Crippen LogP contribution in [0.3, 0.4) is 0 Å². The molecule has 1 rings (SSSR count). The highest BCUT2D eigenvalue weighted by molar-refractivity contribution is 7.60. The molecule has 72 valence electrons. The highest BCUT2D eigenvalue weighted by Crippen LogP contribution is 2.32. The molecular weight excluding hydrogens is 189 g/mol. The zero-order valence-corrected chi connectivity index (χ0v) is 8.16. The fourth-order valence-electron chi connectivity index (χ4n) is 1.01. The SMILES string of the molecule is CNCc1ccc(P(=O)(O)O)cc1. The fourth-order valence-corrected chi connectivity index (χ4v) is 1.55. The first-order valence-corrected chi connectivity index (χ1v) is 5.45. The van der Waals surface area contributed by atoms with E-state index in [1.165, 1.54) is 12.1 Å². The van der Waals surface area contributed by atoms with Crippen LogP contribution in [0.2, 0.25) is 0 Å². The maximum absolute atomic E-state index is 10.8. The molecule has 0 aliphatic carbocycles. The van der Waals surface area contributed by atoms with Gasteiger partial charge in [-0.3, -0.25) is 4.57 Å². The van der Waals surface area contributed by atoms with Gasteiger partial charge in [-0.2, -0.15) is 0 Å². The molecule has 1 aromatic rings. The number of hydrogen-bond acceptors (Lipinski definition) is 2. The second-order valence-electron chi connectivity index (χ2n) is 2.74. The molecule has 0 aliphatic heterocycles. The van der Waals surface area contributed by atoms with Crippen LogP contribution in [-0.4, -0.2) is 16.8 Å². The fraction of sp³-hybridized carbons (Fsp3) is 0.250. The molecule has 0 heterocycles. The van der Waals surface area contributed by atoms with Crippen LogP contribution in [0.25, 0.3) is 0 Å². The van der Waals surface area contributed by atoms with Gasteiger partial charge in [0.25, 0.3) is 0 Å². The van der Waals surface area contributed by atoms with Crippen molar-refractivity contribution in [1.29, 1.82) is 0 Å². The molecule has 4 nitrogen and oxygen atoms in total. The summed E-state index contributed by atoms with van der Waals surface area (Å²) in [6.45, 7) is 0.696. The molecule has 0 spiro atoms. The molecule has 0 radical (unpaired) electrons. The average Bonchev–Trinajstić information content (AvgIpc) is 2.04. The summed E-state index contributed by atoms with van der Waals surface area (Å²) in [6.07, 6.45) is 0. The van der Waals surface area contributed by atoms with Crippen molar-refractivity contribution in [2.45, 2.75) is 6.54 Å². The Labute approximate surface area is 76.8 Å². The molecule has 0 aliphatic rings. The van der Waals surface area contributed by atoms with Crippen molar-refractivity contribution < 1.29 is 14.4 Å². The van der Waals surface area contributed by atoms with E-state index in [0.717, 1.165) is 5.56 Å². The van der Waals surface area contributed by atoms with E-state index in [1.807, 2.05) is 7.05 Å². The van der Waals surface area contributed by atoms with Crippen molar-refractivity contribution in [3.05, 3.63) is 29.8 Å². The number of rotatable bonds is 3. The molecule has 0 saturated heterocycles. The van der Waals surface area contributed by atoms with E-state index in [9.17, 15) is 4.57 Å². The highest BCUT2D eigenvalue weighted by atomic mass is 31.2. The summed E-state index contributed by atoms with van der Waals surface area (Å²) in [5, 5.41) is 3.01. The highest BCUT2D eigenvalue weighted by Gasteiger charge is 2.15. The third-order valence-electron chi connectivity index (χ3n) is 1.65. The molecule has 0 amide bonds. The van der Waals surface area contributed by atoms with Crippen LogP contribution >= 0.6 is 7.60 Å². The minimum absolute atomic E-state index is 0.0624. The summed E-state index contributed by atoms with van der Waals surface area (Å²) in [7, 11) is -2.26. The van der Waals surface area contributed by atoms with Gasteiger partial charge in [0, 0.05) is 6.54 Å². The average molecular weight is 201 g/mol. The van der Waals surface area contributed by atoms with Gasteiger partial charge in [0.1, 0.15) is 0 Å². The van der Waals surface area contributed by atoms with Gasteiger partial charge in [0.2, 0.25) is 0 Å². The van der Waals surface area contributed by atoms with E-state index < -0.39 is 7.60 Å². The molecule has 1 aromatic carbocycles. The molecule has 0 bridgehead atoms. The van der Waals surface area contributed by atoms with Gasteiger partial charge in [0.15, 0.2) is 0 Å². The predicted octanol–water partition coefficient (Wildman–Crippen LogP) is 0.209. The summed E-state index contributed by atoms with van der Waals surface area (Å²) in [5.74, 6) is 0. The quantitative estimate of drug-likeness (QED) is 0.611. The Balaban J connectivity index is 2.88. The van der Waals surface area contributed by atoms with Gasteiger partial charge >= 0.3 is 7.60 Å². The van der Waals surface area contributed by atoms with Crippen LogP contribution in [0.5, 0.6) is 0 Å². The van der Waals surface area contributed by atoms with Gasteiger partial charge in [-0.25, -0.2) is 0 Å². The Kier molecular flexibility index (Phi) is 3.22. The van der Waals surface area contributed by atoms with Crippen LogP contribution in [0.4, 0.5) is 0 Å². The van der Waals surface area contributed by atoms with Crippen molar-refractivity contribution >= 4 is 12.9 Å². The number of hydrogen-bond donors (Lipinski definition) is 3. The maximum Gasteiger partial charge on any atom is 0.356 e. The van der Waals surface area contributed by atoms with Gasteiger partial charge in [-0.1, -0.05) is 12.1 Å². The van der Waals surface area contributed by atoms with Crippen molar-refractivity contribution in [2.75, 3.05) is 7.05 Å². The molecule has 0 atom stereocenters. The Morgan fingerprint density at radius 2 is 1.85 bits per heavy atom. The van der Waals surface area contributed by atoms with Crippen molar-refractivity contribution in [2.24, 2.45) is 0 Å². The van der Waals surface area contributed by atoms with E-state index in [0.29, 0.717) is 6.54 Å². The molecule has 0 aromatic heterocycles. The van der Waals surface area contributed by atoms with Crippen LogP contribution in [0.15, 0.2) is 24.3 Å². The van der Waals surface area contributed by atoms with Gasteiger partial charge < -0.3 is 15.1 Å².